The minimum atomic E-state index is 0.451. The zero-order valence-corrected chi connectivity index (χ0v) is 9.28. The third kappa shape index (κ3) is 1.54. The molecule has 82 valence electrons. The quantitative estimate of drug-likeness (QED) is 0.658. The molecular weight excluding hydrogens is 188 g/mol. The first-order valence-corrected chi connectivity index (χ1v) is 6.03. The highest BCUT2D eigenvalue weighted by atomic mass is 16.6. The maximum absolute atomic E-state index is 5.32. The number of hydrogen-bond acceptors (Lipinski definition) is 3. The van der Waals surface area contributed by atoms with Gasteiger partial charge in [0.25, 0.3) is 0 Å². The van der Waals surface area contributed by atoms with Crippen LogP contribution in [-0.2, 0) is 4.84 Å². The van der Waals surface area contributed by atoms with Crippen molar-refractivity contribution >= 4 is 5.71 Å². The van der Waals surface area contributed by atoms with Crippen molar-refractivity contribution in [3.05, 3.63) is 12.0 Å². The molecule has 0 aromatic rings. The lowest BCUT2D eigenvalue weighted by Gasteiger charge is -2.31. The standard InChI is InChI=1S/C12H18N2O/c1-9-11-7-14(8-12(11)15-13-9)10-5-3-2-4-6-10/h8,10-11H,2-7H2,1H3. The highest BCUT2D eigenvalue weighted by Gasteiger charge is 2.36. The Balaban J connectivity index is 1.69. The van der Waals surface area contributed by atoms with E-state index in [0.29, 0.717) is 5.92 Å². The van der Waals surface area contributed by atoms with Crippen LogP contribution in [0.25, 0.3) is 0 Å². The molecule has 3 rings (SSSR count). The van der Waals surface area contributed by atoms with Gasteiger partial charge in [0.05, 0.1) is 11.6 Å². The van der Waals surface area contributed by atoms with Crippen LogP contribution in [0, 0.1) is 5.92 Å². The van der Waals surface area contributed by atoms with Crippen LogP contribution >= 0.6 is 0 Å². The van der Waals surface area contributed by atoms with Crippen LogP contribution in [-0.4, -0.2) is 23.2 Å². The zero-order chi connectivity index (χ0) is 10.3. The van der Waals surface area contributed by atoms with Gasteiger partial charge in [0.2, 0.25) is 0 Å². The van der Waals surface area contributed by atoms with Crippen LogP contribution in [0.2, 0.25) is 0 Å². The fourth-order valence-electron chi connectivity index (χ4n) is 2.89. The van der Waals surface area contributed by atoms with Crippen LogP contribution in [0.15, 0.2) is 17.1 Å². The van der Waals surface area contributed by atoms with Gasteiger partial charge in [-0.3, -0.25) is 0 Å². The Morgan fingerprint density at radius 1 is 1.33 bits per heavy atom. The highest BCUT2D eigenvalue weighted by molar-refractivity contribution is 5.88. The van der Waals surface area contributed by atoms with Crippen molar-refractivity contribution in [1.29, 1.82) is 0 Å². The van der Waals surface area contributed by atoms with Crippen molar-refractivity contribution in [2.45, 2.75) is 45.1 Å². The molecule has 1 unspecified atom stereocenters. The van der Waals surface area contributed by atoms with Crippen LogP contribution in [0.1, 0.15) is 39.0 Å². The van der Waals surface area contributed by atoms with Crippen LogP contribution in [0.5, 0.6) is 0 Å². The fraction of sp³-hybridized carbons (Fsp3) is 0.750. The number of oxime groups is 1. The Labute approximate surface area is 90.8 Å². The summed E-state index contributed by atoms with van der Waals surface area (Å²) < 4.78 is 0. The summed E-state index contributed by atoms with van der Waals surface area (Å²) in [5.74, 6) is 1.52. The molecular formula is C12H18N2O. The number of rotatable bonds is 1. The molecule has 0 amide bonds. The molecule has 1 saturated carbocycles. The average molecular weight is 206 g/mol. The largest absolute Gasteiger partial charge is 0.370 e. The smallest absolute Gasteiger partial charge is 0.161 e. The van der Waals surface area contributed by atoms with Gasteiger partial charge >= 0.3 is 0 Å². The van der Waals surface area contributed by atoms with Crippen molar-refractivity contribution in [2.75, 3.05) is 6.54 Å². The first-order valence-electron chi connectivity index (χ1n) is 6.03. The SMILES string of the molecule is CC1=NOC2=CN(C3CCCCC3)CC21. The molecule has 0 aromatic carbocycles. The summed E-state index contributed by atoms with van der Waals surface area (Å²) in [6.45, 7) is 3.16. The lowest BCUT2D eigenvalue weighted by molar-refractivity contribution is 0.225. The van der Waals surface area contributed by atoms with E-state index in [9.17, 15) is 0 Å². The summed E-state index contributed by atoms with van der Waals surface area (Å²) >= 11 is 0. The molecule has 0 saturated heterocycles. The lowest BCUT2D eigenvalue weighted by Crippen LogP contribution is -2.33. The monoisotopic (exact) mass is 206 g/mol. The van der Waals surface area contributed by atoms with Gasteiger partial charge in [-0.2, -0.15) is 0 Å². The average Bonchev–Trinajstić information content (AvgIpc) is 2.83. The van der Waals surface area contributed by atoms with Gasteiger partial charge in [0, 0.05) is 18.8 Å². The third-order valence-electron chi connectivity index (χ3n) is 3.87. The molecule has 1 atom stereocenters. The van der Waals surface area contributed by atoms with Gasteiger partial charge in [0.1, 0.15) is 0 Å². The van der Waals surface area contributed by atoms with Crippen molar-refractivity contribution in [1.82, 2.24) is 4.90 Å². The maximum Gasteiger partial charge on any atom is 0.161 e. The molecule has 0 aromatic heterocycles. The number of fused-ring (bicyclic) bond motifs is 1. The van der Waals surface area contributed by atoms with Gasteiger partial charge in [0.15, 0.2) is 5.76 Å². The molecule has 0 radical (unpaired) electrons. The summed E-state index contributed by atoms with van der Waals surface area (Å²) in [6, 6.07) is 0.758. The number of hydrogen-bond donors (Lipinski definition) is 0. The van der Waals surface area contributed by atoms with Crippen molar-refractivity contribution in [3.8, 4) is 0 Å². The Kier molecular flexibility index (Phi) is 2.19. The van der Waals surface area contributed by atoms with Crippen LogP contribution in [0.3, 0.4) is 0 Å². The molecule has 15 heavy (non-hydrogen) atoms. The second-order valence-electron chi connectivity index (χ2n) is 4.90. The summed E-state index contributed by atoms with van der Waals surface area (Å²) in [5.41, 5.74) is 1.14. The molecule has 1 fully saturated rings. The summed E-state index contributed by atoms with van der Waals surface area (Å²) in [7, 11) is 0. The highest BCUT2D eigenvalue weighted by Crippen LogP contribution is 2.33. The second kappa shape index (κ2) is 3.54. The predicted octanol–water partition coefficient (Wildman–Crippen LogP) is 2.50. The minimum absolute atomic E-state index is 0.451. The van der Waals surface area contributed by atoms with E-state index >= 15 is 0 Å². The predicted molar refractivity (Wildman–Crippen MR) is 59.3 cm³/mol. The molecule has 0 N–H and O–H groups in total. The van der Waals surface area contributed by atoms with Crippen molar-refractivity contribution in [3.63, 3.8) is 0 Å². The van der Waals surface area contributed by atoms with E-state index in [-0.39, 0.29) is 0 Å². The molecule has 2 aliphatic heterocycles. The van der Waals surface area contributed by atoms with E-state index in [1.165, 1.54) is 32.1 Å². The minimum Gasteiger partial charge on any atom is -0.370 e. The van der Waals surface area contributed by atoms with E-state index in [4.69, 9.17) is 4.84 Å². The topological polar surface area (TPSA) is 24.8 Å². The molecule has 3 aliphatic rings. The molecule has 2 heterocycles. The zero-order valence-electron chi connectivity index (χ0n) is 9.28. The van der Waals surface area contributed by atoms with Gasteiger partial charge in [-0.05, 0) is 19.8 Å². The van der Waals surface area contributed by atoms with E-state index in [2.05, 4.69) is 23.2 Å². The second-order valence-corrected chi connectivity index (χ2v) is 4.90. The molecule has 0 bridgehead atoms. The Bertz CT molecular complexity index is 316. The van der Waals surface area contributed by atoms with E-state index < -0.39 is 0 Å². The maximum atomic E-state index is 5.32. The summed E-state index contributed by atoms with van der Waals surface area (Å²) in [5, 5.41) is 4.02. The van der Waals surface area contributed by atoms with Crippen molar-refractivity contribution in [2.24, 2.45) is 11.1 Å². The number of nitrogens with zero attached hydrogens (tertiary/aromatic N) is 2. The Morgan fingerprint density at radius 3 is 2.87 bits per heavy atom. The molecule has 0 spiro atoms. The fourth-order valence-corrected chi connectivity index (χ4v) is 2.89. The van der Waals surface area contributed by atoms with Crippen LogP contribution in [0.4, 0.5) is 0 Å². The van der Waals surface area contributed by atoms with E-state index in [0.717, 1.165) is 24.1 Å². The van der Waals surface area contributed by atoms with Crippen molar-refractivity contribution < 1.29 is 4.84 Å². The summed E-state index contributed by atoms with van der Waals surface area (Å²) in [4.78, 5) is 7.80. The van der Waals surface area contributed by atoms with Crippen LogP contribution < -0.4 is 0 Å². The molecule has 3 heteroatoms. The lowest BCUT2D eigenvalue weighted by atomic mass is 9.94. The normalized spacial score (nSPS) is 31.0. The third-order valence-corrected chi connectivity index (χ3v) is 3.87. The van der Waals surface area contributed by atoms with E-state index in [1.54, 1.807) is 0 Å². The molecule has 3 nitrogen and oxygen atoms in total. The van der Waals surface area contributed by atoms with Gasteiger partial charge in [-0.1, -0.05) is 24.4 Å². The first kappa shape index (κ1) is 9.25. The Morgan fingerprint density at radius 2 is 2.13 bits per heavy atom. The van der Waals surface area contributed by atoms with E-state index in [1.807, 2.05) is 0 Å². The van der Waals surface area contributed by atoms with Gasteiger partial charge in [-0.15, -0.1) is 0 Å². The Hall–Kier alpha value is -0.990. The van der Waals surface area contributed by atoms with Gasteiger partial charge in [-0.25, -0.2) is 0 Å². The first-order chi connectivity index (χ1) is 7.34. The molecule has 1 aliphatic carbocycles. The van der Waals surface area contributed by atoms with Gasteiger partial charge < -0.3 is 9.74 Å². The summed E-state index contributed by atoms with van der Waals surface area (Å²) in [6.07, 6.45) is 9.10.